The molecule has 0 amide bonds. The summed E-state index contributed by atoms with van der Waals surface area (Å²) in [7, 11) is -3.72. The molecule has 0 aliphatic carbocycles. The lowest BCUT2D eigenvalue weighted by atomic mass is 10.2. The number of nitrogens with one attached hydrogen (secondary N) is 1. The molecule has 3 rings (SSSR count). The summed E-state index contributed by atoms with van der Waals surface area (Å²) in [6.45, 7) is 3.40. The summed E-state index contributed by atoms with van der Waals surface area (Å²) >= 11 is 0. The lowest BCUT2D eigenvalue weighted by Gasteiger charge is -2.08. The summed E-state index contributed by atoms with van der Waals surface area (Å²) < 4.78 is 32.4. The minimum Gasteiger partial charge on any atom is -0.349 e. The first kappa shape index (κ1) is 19.3. The fourth-order valence-electron chi connectivity index (χ4n) is 2.48. The van der Waals surface area contributed by atoms with Gasteiger partial charge in [-0.25, -0.2) is 8.42 Å². The van der Waals surface area contributed by atoms with E-state index in [9.17, 15) is 18.5 Å². The Labute approximate surface area is 161 Å². The maximum atomic E-state index is 12.5. The Morgan fingerprint density at radius 2 is 1.68 bits per heavy atom. The second-order valence-corrected chi connectivity index (χ2v) is 7.79. The van der Waals surface area contributed by atoms with Crippen LogP contribution in [0.15, 0.2) is 57.9 Å². The van der Waals surface area contributed by atoms with Crippen molar-refractivity contribution in [2.24, 2.45) is 0 Å². The molecule has 0 saturated heterocycles. The summed E-state index contributed by atoms with van der Waals surface area (Å²) in [5.74, 6) is 0.0280. The van der Waals surface area contributed by atoms with Crippen LogP contribution >= 0.6 is 0 Å². The first-order chi connectivity index (χ1) is 13.3. The third-order valence-electron chi connectivity index (χ3n) is 3.96. The smallest absolute Gasteiger partial charge is 0.338 e. The lowest BCUT2D eigenvalue weighted by Crippen LogP contribution is -2.12. The molecule has 1 aromatic heterocycles. The minimum absolute atomic E-state index is 0.0280. The number of aryl methyl sites for hydroxylation is 2. The summed E-state index contributed by atoms with van der Waals surface area (Å²) in [6, 6.07) is 13.1. The molecule has 0 aliphatic rings. The van der Waals surface area contributed by atoms with Crippen molar-refractivity contribution in [3.8, 4) is 0 Å². The molecule has 28 heavy (non-hydrogen) atoms. The molecule has 0 atom stereocenters. The topological polar surface area (TPSA) is 115 Å². The van der Waals surface area contributed by atoms with Crippen LogP contribution in [-0.4, -0.2) is 18.5 Å². The Morgan fingerprint density at radius 1 is 1.04 bits per heavy atom. The van der Waals surface area contributed by atoms with Crippen LogP contribution in [0.5, 0.6) is 0 Å². The molecule has 0 bridgehead atoms. The van der Waals surface area contributed by atoms with Crippen molar-refractivity contribution in [1.82, 2.24) is 5.16 Å². The fourth-order valence-corrected chi connectivity index (χ4v) is 3.54. The predicted octanol–water partition coefficient (Wildman–Crippen LogP) is 4.17. The first-order valence-electron chi connectivity index (χ1n) is 8.24. The SMILES string of the molecule is Cc1ccc(NS(=O)(=O)c2ccc(C=Cc3onc(C)c3[N+](=O)[O-])cc2)cc1. The zero-order chi connectivity index (χ0) is 20.3. The molecule has 0 spiro atoms. The van der Waals surface area contributed by atoms with Gasteiger partial charge in [-0.3, -0.25) is 14.8 Å². The monoisotopic (exact) mass is 399 g/mol. The van der Waals surface area contributed by atoms with E-state index in [1.54, 1.807) is 30.3 Å². The van der Waals surface area contributed by atoms with Crippen LogP contribution in [0.2, 0.25) is 0 Å². The Hall–Kier alpha value is -3.46. The zero-order valence-electron chi connectivity index (χ0n) is 15.1. The van der Waals surface area contributed by atoms with Gasteiger partial charge in [0.15, 0.2) is 5.69 Å². The summed E-state index contributed by atoms with van der Waals surface area (Å²) in [5, 5.41) is 14.6. The highest BCUT2D eigenvalue weighted by atomic mass is 32.2. The van der Waals surface area contributed by atoms with E-state index in [1.165, 1.54) is 25.1 Å². The molecule has 3 aromatic rings. The van der Waals surface area contributed by atoms with E-state index in [0.29, 0.717) is 11.3 Å². The molecular formula is C19H17N3O5S. The standard InChI is InChI=1S/C19H17N3O5S/c1-13-3-8-16(9-4-13)21-28(25,26)17-10-5-15(6-11-17)7-12-18-19(22(23)24)14(2)20-27-18/h3-12,21H,1-2H3. The molecule has 1 N–H and O–H groups in total. The van der Waals surface area contributed by atoms with Gasteiger partial charge in [-0.1, -0.05) is 41.1 Å². The Bertz CT molecular complexity index is 1130. The summed E-state index contributed by atoms with van der Waals surface area (Å²) in [5.41, 5.74) is 2.15. The summed E-state index contributed by atoms with van der Waals surface area (Å²) in [4.78, 5) is 10.6. The zero-order valence-corrected chi connectivity index (χ0v) is 15.9. The van der Waals surface area contributed by atoms with Crippen molar-refractivity contribution in [3.63, 3.8) is 0 Å². The number of benzene rings is 2. The third-order valence-corrected chi connectivity index (χ3v) is 5.36. The van der Waals surface area contributed by atoms with Crippen molar-refractivity contribution in [2.45, 2.75) is 18.7 Å². The number of anilines is 1. The number of hydrogen-bond acceptors (Lipinski definition) is 6. The van der Waals surface area contributed by atoms with E-state index in [4.69, 9.17) is 4.52 Å². The van der Waals surface area contributed by atoms with E-state index in [-0.39, 0.29) is 22.0 Å². The number of nitrogens with zero attached hydrogens (tertiary/aromatic N) is 2. The van der Waals surface area contributed by atoms with Gasteiger partial charge in [0.25, 0.3) is 10.0 Å². The number of aromatic nitrogens is 1. The molecular weight excluding hydrogens is 382 g/mol. The van der Waals surface area contributed by atoms with Crippen LogP contribution in [0.25, 0.3) is 12.2 Å². The maximum Gasteiger partial charge on any atom is 0.338 e. The molecule has 0 saturated carbocycles. The van der Waals surface area contributed by atoms with Gasteiger partial charge in [-0.2, -0.15) is 0 Å². The molecule has 9 heteroatoms. The lowest BCUT2D eigenvalue weighted by molar-refractivity contribution is -0.386. The van der Waals surface area contributed by atoms with Gasteiger partial charge in [0, 0.05) is 5.69 Å². The fraction of sp³-hybridized carbons (Fsp3) is 0.105. The Kier molecular flexibility index (Phi) is 5.27. The van der Waals surface area contributed by atoms with Crippen molar-refractivity contribution in [3.05, 3.63) is 81.2 Å². The van der Waals surface area contributed by atoms with E-state index in [0.717, 1.165) is 5.56 Å². The Balaban J connectivity index is 1.78. The largest absolute Gasteiger partial charge is 0.349 e. The molecule has 2 aromatic carbocycles. The van der Waals surface area contributed by atoms with E-state index >= 15 is 0 Å². The van der Waals surface area contributed by atoms with Crippen LogP contribution < -0.4 is 4.72 Å². The highest BCUT2D eigenvalue weighted by Gasteiger charge is 2.22. The predicted molar refractivity (Wildman–Crippen MR) is 105 cm³/mol. The van der Waals surface area contributed by atoms with Gasteiger partial charge >= 0.3 is 5.69 Å². The van der Waals surface area contributed by atoms with E-state index in [1.807, 2.05) is 19.1 Å². The van der Waals surface area contributed by atoms with Crippen LogP contribution in [0.3, 0.4) is 0 Å². The highest BCUT2D eigenvalue weighted by molar-refractivity contribution is 7.92. The number of hydrogen-bond donors (Lipinski definition) is 1. The van der Waals surface area contributed by atoms with Crippen LogP contribution in [-0.2, 0) is 10.0 Å². The van der Waals surface area contributed by atoms with Crippen molar-refractivity contribution < 1.29 is 17.9 Å². The Morgan fingerprint density at radius 3 is 2.29 bits per heavy atom. The van der Waals surface area contributed by atoms with Gasteiger partial charge in [0.1, 0.15) is 0 Å². The van der Waals surface area contributed by atoms with Crippen LogP contribution in [0.4, 0.5) is 11.4 Å². The molecule has 0 aliphatic heterocycles. The van der Waals surface area contributed by atoms with E-state index < -0.39 is 14.9 Å². The van der Waals surface area contributed by atoms with Gasteiger partial charge in [0.2, 0.25) is 5.76 Å². The molecule has 0 unspecified atom stereocenters. The van der Waals surface area contributed by atoms with Gasteiger partial charge < -0.3 is 4.52 Å². The quantitative estimate of drug-likeness (QED) is 0.491. The van der Waals surface area contributed by atoms with Crippen molar-refractivity contribution >= 4 is 33.6 Å². The van der Waals surface area contributed by atoms with Gasteiger partial charge in [-0.05, 0) is 49.8 Å². The average Bonchev–Trinajstić information content (AvgIpc) is 3.03. The molecule has 144 valence electrons. The number of nitro groups is 1. The normalized spacial score (nSPS) is 11.6. The maximum absolute atomic E-state index is 12.5. The molecule has 0 radical (unpaired) electrons. The first-order valence-corrected chi connectivity index (χ1v) is 9.73. The second kappa shape index (κ2) is 7.65. The third kappa shape index (κ3) is 4.26. The minimum atomic E-state index is -3.72. The highest BCUT2D eigenvalue weighted by Crippen LogP contribution is 2.25. The van der Waals surface area contributed by atoms with E-state index in [2.05, 4.69) is 9.88 Å². The molecule has 0 fully saturated rings. The van der Waals surface area contributed by atoms with Crippen molar-refractivity contribution in [1.29, 1.82) is 0 Å². The molecule has 1 heterocycles. The number of rotatable bonds is 6. The number of sulfonamides is 1. The van der Waals surface area contributed by atoms with Gasteiger partial charge in [-0.15, -0.1) is 0 Å². The second-order valence-electron chi connectivity index (χ2n) is 6.11. The van der Waals surface area contributed by atoms with Gasteiger partial charge in [0.05, 0.1) is 9.82 Å². The van der Waals surface area contributed by atoms with Crippen LogP contribution in [0, 0.1) is 24.0 Å². The summed E-state index contributed by atoms with van der Waals surface area (Å²) in [6.07, 6.45) is 3.00. The average molecular weight is 399 g/mol. The van der Waals surface area contributed by atoms with Crippen LogP contribution in [0.1, 0.15) is 22.6 Å². The molecule has 8 nitrogen and oxygen atoms in total. The van der Waals surface area contributed by atoms with Crippen molar-refractivity contribution in [2.75, 3.05) is 4.72 Å².